The molecule has 0 aliphatic heterocycles. The average Bonchev–Trinajstić information content (AvgIpc) is 2.75. The van der Waals surface area contributed by atoms with E-state index in [1.165, 1.54) is 6.07 Å². The van der Waals surface area contributed by atoms with Crippen molar-refractivity contribution in [2.45, 2.75) is 20.4 Å². The normalized spacial score (nSPS) is 10.5. The number of rotatable bonds is 4. The van der Waals surface area contributed by atoms with Gasteiger partial charge in [-0.25, -0.2) is 0 Å². The van der Waals surface area contributed by atoms with Crippen molar-refractivity contribution in [3.8, 4) is 0 Å². The molecule has 1 N–H and O–H groups in total. The molecule has 19 heavy (non-hydrogen) atoms. The van der Waals surface area contributed by atoms with Crippen molar-refractivity contribution >= 4 is 23.0 Å². The number of aromatic nitrogens is 1. The maximum absolute atomic E-state index is 10.7. The summed E-state index contributed by atoms with van der Waals surface area (Å²) in [6, 6.07) is 4.80. The van der Waals surface area contributed by atoms with Gasteiger partial charge in [0.05, 0.1) is 11.5 Å². The topological polar surface area (TPSA) is 81.2 Å². The van der Waals surface area contributed by atoms with Crippen LogP contribution in [0, 0.1) is 24.0 Å². The summed E-state index contributed by atoms with van der Waals surface area (Å²) in [5, 5.41) is 17.8. The second kappa shape index (κ2) is 5.27. The second-order valence-electron chi connectivity index (χ2n) is 4.16. The van der Waals surface area contributed by atoms with E-state index in [2.05, 4.69) is 10.5 Å². The fourth-order valence-corrected chi connectivity index (χ4v) is 1.92. The SMILES string of the molecule is Cc1cc(CNc2cc(Cl)c([N+](=O)[O-])cc2C)no1. The lowest BCUT2D eigenvalue weighted by Gasteiger charge is -2.08. The first-order valence-electron chi connectivity index (χ1n) is 5.58. The first-order chi connectivity index (χ1) is 8.97. The van der Waals surface area contributed by atoms with Crippen molar-refractivity contribution in [2.24, 2.45) is 0 Å². The van der Waals surface area contributed by atoms with E-state index < -0.39 is 4.92 Å². The first-order valence-corrected chi connectivity index (χ1v) is 5.96. The van der Waals surface area contributed by atoms with Crippen molar-refractivity contribution < 1.29 is 9.45 Å². The zero-order valence-corrected chi connectivity index (χ0v) is 11.2. The zero-order valence-electron chi connectivity index (χ0n) is 10.4. The highest BCUT2D eigenvalue weighted by atomic mass is 35.5. The summed E-state index contributed by atoms with van der Waals surface area (Å²) in [7, 11) is 0. The molecule has 0 fully saturated rings. The molecule has 7 heteroatoms. The first kappa shape index (κ1) is 13.4. The van der Waals surface area contributed by atoms with Crippen LogP contribution < -0.4 is 5.32 Å². The summed E-state index contributed by atoms with van der Waals surface area (Å²) in [6.45, 7) is 4.05. The number of hydrogen-bond donors (Lipinski definition) is 1. The number of nitro benzene ring substituents is 1. The Balaban J connectivity index is 2.17. The van der Waals surface area contributed by atoms with Crippen LogP contribution in [-0.4, -0.2) is 10.1 Å². The van der Waals surface area contributed by atoms with E-state index in [0.29, 0.717) is 6.54 Å². The Kier molecular flexibility index (Phi) is 3.71. The van der Waals surface area contributed by atoms with Crippen LogP contribution >= 0.6 is 11.6 Å². The largest absolute Gasteiger partial charge is 0.379 e. The monoisotopic (exact) mass is 281 g/mol. The second-order valence-corrected chi connectivity index (χ2v) is 4.57. The van der Waals surface area contributed by atoms with Gasteiger partial charge >= 0.3 is 0 Å². The predicted molar refractivity (Wildman–Crippen MR) is 71.4 cm³/mol. The third-order valence-electron chi connectivity index (χ3n) is 2.63. The Morgan fingerprint density at radius 1 is 1.42 bits per heavy atom. The van der Waals surface area contributed by atoms with Gasteiger partial charge in [0.1, 0.15) is 16.5 Å². The molecule has 0 saturated heterocycles. The van der Waals surface area contributed by atoms with Crippen molar-refractivity contribution in [1.82, 2.24) is 5.16 Å². The maximum atomic E-state index is 10.7. The molecule has 2 rings (SSSR count). The lowest BCUT2D eigenvalue weighted by atomic mass is 10.1. The molecule has 0 amide bonds. The fraction of sp³-hybridized carbons (Fsp3) is 0.250. The zero-order chi connectivity index (χ0) is 14.0. The van der Waals surface area contributed by atoms with E-state index in [1.54, 1.807) is 13.0 Å². The molecule has 1 aromatic heterocycles. The number of aryl methyl sites for hydroxylation is 2. The highest BCUT2D eigenvalue weighted by Gasteiger charge is 2.15. The van der Waals surface area contributed by atoms with E-state index in [-0.39, 0.29) is 10.7 Å². The van der Waals surface area contributed by atoms with Crippen LogP contribution in [0.5, 0.6) is 0 Å². The van der Waals surface area contributed by atoms with E-state index in [4.69, 9.17) is 16.1 Å². The van der Waals surface area contributed by atoms with Crippen LogP contribution in [0.3, 0.4) is 0 Å². The molecule has 0 atom stereocenters. The number of hydrogen-bond acceptors (Lipinski definition) is 5. The molecule has 2 aromatic rings. The van der Waals surface area contributed by atoms with Gasteiger partial charge in [-0.2, -0.15) is 0 Å². The van der Waals surface area contributed by atoms with Gasteiger partial charge in [-0.3, -0.25) is 10.1 Å². The number of nitrogens with zero attached hydrogens (tertiary/aromatic N) is 2. The maximum Gasteiger partial charge on any atom is 0.288 e. The molecule has 1 aromatic carbocycles. The van der Waals surface area contributed by atoms with Crippen LogP contribution in [0.25, 0.3) is 0 Å². The number of nitro groups is 1. The number of benzene rings is 1. The molecular weight excluding hydrogens is 270 g/mol. The van der Waals surface area contributed by atoms with Gasteiger partial charge < -0.3 is 9.84 Å². The standard InChI is InChI=1S/C12H12ClN3O3/c1-7-3-12(16(17)18)10(13)5-11(7)14-6-9-4-8(2)19-15-9/h3-5,14H,6H2,1-2H3. The Labute approximate surface area is 114 Å². The van der Waals surface area contributed by atoms with Crippen LogP contribution in [0.2, 0.25) is 5.02 Å². The van der Waals surface area contributed by atoms with E-state index >= 15 is 0 Å². The number of halogens is 1. The highest BCUT2D eigenvalue weighted by molar-refractivity contribution is 6.33. The van der Waals surface area contributed by atoms with Crippen molar-refractivity contribution in [2.75, 3.05) is 5.32 Å². The molecule has 0 aliphatic carbocycles. The van der Waals surface area contributed by atoms with Gasteiger partial charge in [0.25, 0.3) is 5.69 Å². The van der Waals surface area contributed by atoms with Gasteiger partial charge in [0, 0.05) is 17.8 Å². The molecule has 6 nitrogen and oxygen atoms in total. The van der Waals surface area contributed by atoms with E-state index in [1.807, 2.05) is 13.0 Å². The highest BCUT2D eigenvalue weighted by Crippen LogP contribution is 2.30. The third-order valence-corrected chi connectivity index (χ3v) is 2.93. The van der Waals surface area contributed by atoms with Crippen molar-refractivity contribution in [3.63, 3.8) is 0 Å². The van der Waals surface area contributed by atoms with Crippen LogP contribution in [0.4, 0.5) is 11.4 Å². The summed E-state index contributed by atoms with van der Waals surface area (Å²) in [6.07, 6.45) is 0. The molecule has 0 radical (unpaired) electrons. The quantitative estimate of drug-likeness (QED) is 0.685. The van der Waals surface area contributed by atoms with Crippen molar-refractivity contribution in [1.29, 1.82) is 0 Å². The predicted octanol–water partition coefficient (Wildman–Crippen LogP) is 3.47. The minimum absolute atomic E-state index is 0.0954. The smallest absolute Gasteiger partial charge is 0.288 e. The summed E-state index contributed by atoms with van der Waals surface area (Å²) in [4.78, 5) is 10.2. The van der Waals surface area contributed by atoms with Crippen molar-refractivity contribution in [3.05, 3.63) is 50.4 Å². The molecule has 0 spiro atoms. The fourth-order valence-electron chi connectivity index (χ4n) is 1.68. The molecule has 0 aliphatic rings. The van der Waals surface area contributed by atoms with Gasteiger partial charge in [-0.15, -0.1) is 0 Å². The molecular formula is C12H12ClN3O3. The summed E-state index contributed by atoms with van der Waals surface area (Å²) < 4.78 is 4.95. The Morgan fingerprint density at radius 2 is 2.16 bits per heavy atom. The summed E-state index contributed by atoms with van der Waals surface area (Å²) in [5.41, 5.74) is 2.14. The summed E-state index contributed by atoms with van der Waals surface area (Å²) in [5.74, 6) is 0.732. The Hall–Kier alpha value is -2.08. The molecule has 0 unspecified atom stereocenters. The number of nitrogens with one attached hydrogen (secondary N) is 1. The number of anilines is 1. The van der Waals surface area contributed by atoms with Gasteiger partial charge in [-0.1, -0.05) is 16.8 Å². The molecule has 0 bridgehead atoms. The van der Waals surface area contributed by atoms with Crippen LogP contribution in [0.1, 0.15) is 17.0 Å². The average molecular weight is 282 g/mol. The van der Waals surface area contributed by atoms with Crippen LogP contribution in [-0.2, 0) is 6.54 Å². The Bertz CT molecular complexity index is 625. The van der Waals surface area contributed by atoms with E-state index in [0.717, 1.165) is 22.7 Å². The van der Waals surface area contributed by atoms with Gasteiger partial charge in [-0.05, 0) is 25.5 Å². The lowest BCUT2D eigenvalue weighted by Crippen LogP contribution is -2.02. The molecule has 100 valence electrons. The van der Waals surface area contributed by atoms with E-state index in [9.17, 15) is 10.1 Å². The third kappa shape index (κ3) is 3.03. The Morgan fingerprint density at radius 3 is 2.74 bits per heavy atom. The summed E-state index contributed by atoms with van der Waals surface area (Å²) >= 11 is 5.87. The minimum atomic E-state index is -0.500. The molecule has 0 saturated carbocycles. The van der Waals surface area contributed by atoms with Gasteiger partial charge in [0.2, 0.25) is 0 Å². The van der Waals surface area contributed by atoms with Gasteiger partial charge in [0.15, 0.2) is 0 Å². The molecule has 1 heterocycles. The van der Waals surface area contributed by atoms with Crippen LogP contribution in [0.15, 0.2) is 22.7 Å². The lowest BCUT2D eigenvalue weighted by molar-refractivity contribution is -0.384. The minimum Gasteiger partial charge on any atom is -0.379 e.